The SMILES string of the molecule is O=C(O)C(=O)CCC1CCCCC1. The molecule has 3 heteroatoms. The molecule has 0 amide bonds. The first-order chi connectivity index (χ1) is 6.20. The van der Waals surface area contributed by atoms with Crippen LogP contribution in [-0.2, 0) is 9.59 Å². The molecule has 3 nitrogen and oxygen atoms in total. The molecule has 0 bridgehead atoms. The fourth-order valence-corrected chi connectivity index (χ4v) is 1.92. The maximum Gasteiger partial charge on any atom is 0.372 e. The Labute approximate surface area is 78.1 Å². The number of Topliss-reactive ketones (excluding diaryl/α,β-unsaturated/α-hetero) is 1. The van der Waals surface area contributed by atoms with Crippen LogP contribution in [-0.4, -0.2) is 16.9 Å². The van der Waals surface area contributed by atoms with E-state index in [1.54, 1.807) is 0 Å². The lowest BCUT2D eigenvalue weighted by Crippen LogP contribution is -2.15. The lowest BCUT2D eigenvalue weighted by atomic mass is 9.86. The van der Waals surface area contributed by atoms with Crippen LogP contribution in [0.3, 0.4) is 0 Å². The summed E-state index contributed by atoms with van der Waals surface area (Å²) in [4.78, 5) is 21.0. The minimum Gasteiger partial charge on any atom is -0.476 e. The largest absolute Gasteiger partial charge is 0.476 e. The number of carboxylic acid groups (broad SMARTS) is 1. The molecule has 1 aliphatic carbocycles. The van der Waals surface area contributed by atoms with E-state index >= 15 is 0 Å². The molecule has 0 aromatic rings. The molecular weight excluding hydrogens is 168 g/mol. The van der Waals surface area contributed by atoms with Gasteiger partial charge in [-0.3, -0.25) is 4.79 Å². The Morgan fingerprint density at radius 2 is 1.77 bits per heavy atom. The normalized spacial score (nSPS) is 18.5. The van der Waals surface area contributed by atoms with E-state index in [9.17, 15) is 9.59 Å². The molecule has 0 aromatic heterocycles. The summed E-state index contributed by atoms with van der Waals surface area (Å²) in [7, 11) is 0. The third kappa shape index (κ3) is 3.57. The van der Waals surface area contributed by atoms with Crippen LogP contribution in [0.2, 0.25) is 0 Å². The minimum absolute atomic E-state index is 0.222. The van der Waals surface area contributed by atoms with Crippen molar-refractivity contribution in [2.24, 2.45) is 5.92 Å². The van der Waals surface area contributed by atoms with Crippen molar-refractivity contribution in [3.05, 3.63) is 0 Å². The maximum absolute atomic E-state index is 10.8. The second kappa shape index (κ2) is 5.00. The third-order valence-corrected chi connectivity index (χ3v) is 2.74. The second-order valence-electron chi connectivity index (χ2n) is 3.77. The van der Waals surface area contributed by atoms with Crippen LogP contribution in [0, 0.1) is 5.92 Å². The fourth-order valence-electron chi connectivity index (χ4n) is 1.92. The predicted octanol–water partition coefficient (Wildman–Crippen LogP) is 2.00. The summed E-state index contributed by atoms with van der Waals surface area (Å²) in [6.45, 7) is 0. The molecule has 1 rings (SSSR count). The van der Waals surface area contributed by atoms with Gasteiger partial charge >= 0.3 is 5.97 Å². The molecular formula is C10H16O3. The second-order valence-corrected chi connectivity index (χ2v) is 3.77. The van der Waals surface area contributed by atoms with Crippen LogP contribution >= 0.6 is 0 Å². The lowest BCUT2D eigenvalue weighted by Gasteiger charge is -2.20. The van der Waals surface area contributed by atoms with Crippen molar-refractivity contribution >= 4 is 11.8 Å². The monoisotopic (exact) mass is 184 g/mol. The van der Waals surface area contributed by atoms with Crippen molar-refractivity contribution in [3.63, 3.8) is 0 Å². The van der Waals surface area contributed by atoms with Gasteiger partial charge in [-0.25, -0.2) is 4.79 Å². The van der Waals surface area contributed by atoms with E-state index in [0.717, 1.165) is 6.42 Å². The van der Waals surface area contributed by atoms with Gasteiger partial charge in [0.1, 0.15) is 0 Å². The Morgan fingerprint density at radius 3 is 2.31 bits per heavy atom. The van der Waals surface area contributed by atoms with E-state index in [4.69, 9.17) is 5.11 Å². The van der Waals surface area contributed by atoms with Gasteiger partial charge in [0.15, 0.2) is 0 Å². The molecule has 0 spiro atoms. The smallest absolute Gasteiger partial charge is 0.372 e. The van der Waals surface area contributed by atoms with E-state index in [0.29, 0.717) is 5.92 Å². The maximum atomic E-state index is 10.8. The van der Waals surface area contributed by atoms with Crippen molar-refractivity contribution < 1.29 is 14.7 Å². The van der Waals surface area contributed by atoms with E-state index in [1.165, 1.54) is 32.1 Å². The molecule has 0 aliphatic heterocycles. The number of carbonyl (C=O) groups is 2. The molecule has 1 saturated carbocycles. The van der Waals surface area contributed by atoms with Gasteiger partial charge in [-0.05, 0) is 12.3 Å². The summed E-state index contributed by atoms with van der Waals surface area (Å²) >= 11 is 0. The number of hydrogen-bond donors (Lipinski definition) is 1. The number of ketones is 1. The zero-order valence-electron chi connectivity index (χ0n) is 7.79. The molecule has 0 atom stereocenters. The molecule has 0 heterocycles. The predicted molar refractivity (Wildman–Crippen MR) is 48.5 cm³/mol. The Kier molecular flexibility index (Phi) is 3.93. The van der Waals surface area contributed by atoms with Gasteiger partial charge in [0.05, 0.1) is 0 Å². The Bertz CT molecular complexity index is 192. The van der Waals surface area contributed by atoms with Crippen LogP contribution in [0.15, 0.2) is 0 Å². The first kappa shape index (κ1) is 10.2. The van der Waals surface area contributed by atoms with Gasteiger partial charge in [0.25, 0.3) is 0 Å². The fraction of sp³-hybridized carbons (Fsp3) is 0.800. The topological polar surface area (TPSA) is 54.4 Å². The summed E-state index contributed by atoms with van der Waals surface area (Å²) < 4.78 is 0. The zero-order valence-corrected chi connectivity index (χ0v) is 7.79. The molecule has 1 N–H and O–H groups in total. The first-order valence-corrected chi connectivity index (χ1v) is 4.96. The number of aliphatic carboxylic acids is 1. The zero-order chi connectivity index (χ0) is 9.68. The highest BCUT2D eigenvalue weighted by Crippen LogP contribution is 2.27. The van der Waals surface area contributed by atoms with Gasteiger partial charge in [-0.15, -0.1) is 0 Å². The number of carboxylic acids is 1. The highest BCUT2D eigenvalue weighted by molar-refractivity contribution is 6.32. The first-order valence-electron chi connectivity index (χ1n) is 4.96. The average molecular weight is 184 g/mol. The standard InChI is InChI=1S/C10H16O3/c11-9(10(12)13)7-6-8-4-2-1-3-5-8/h8H,1-7H2,(H,12,13). The van der Waals surface area contributed by atoms with Crippen LogP contribution in [0.1, 0.15) is 44.9 Å². The Balaban J connectivity index is 2.17. The molecule has 1 aliphatic rings. The summed E-state index contributed by atoms with van der Waals surface area (Å²) in [5, 5.41) is 8.36. The molecule has 0 radical (unpaired) electrons. The van der Waals surface area contributed by atoms with Gasteiger partial charge < -0.3 is 5.11 Å². The number of carbonyl (C=O) groups excluding carboxylic acids is 1. The van der Waals surface area contributed by atoms with Crippen LogP contribution in [0.5, 0.6) is 0 Å². The van der Waals surface area contributed by atoms with E-state index in [-0.39, 0.29) is 6.42 Å². The highest BCUT2D eigenvalue weighted by atomic mass is 16.4. The van der Waals surface area contributed by atoms with E-state index in [1.807, 2.05) is 0 Å². The quantitative estimate of drug-likeness (QED) is 0.680. The Hall–Kier alpha value is -0.860. The molecule has 0 unspecified atom stereocenters. The number of hydrogen-bond acceptors (Lipinski definition) is 2. The van der Waals surface area contributed by atoms with E-state index in [2.05, 4.69) is 0 Å². The van der Waals surface area contributed by atoms with Crippen molar-refractivity contribution in [2.45, 2.75) is 44.9 Å². The molecule has 0 aromatic carbocycles. The minimum atomic E-state index is -1.28. The van der Waals surface area contributed by atoms with Gasteiger partial charge in [-0.1, -0.05) is 32.1 Å². The van der Waals surface area contributed by atoms with Crippen molar-refractivity contribution in [1.82, 2.24) is 0 Å². The van der Waals surface area contributed by atoms with Crippen molar-refractivity contribution in [3.8, 4) is 0 Å². The highest BCUT2D eigenvalue weighted by Gasteiger charge is 2.17. The van der Waals surface area contributed by atoms with Crippen LogP contribution in [0.25, 0.3) is 0 Å². The lowest BCUT2D eigenvalue weighted by molar-refractivity contribution is -0.149. The van der Waals surface area contributed by atoms with Gasteiger partial charge in [0.2, 0.25) is 5.78 Å². The number of rotatable bonds is 4. The summed E-state index contributed by atoms with van der Waals surface area (Å²) in [6.07, 6.45) is 7.12. The Morgan fingerprint density at radius 1 is 1.15 bits per heavy atom. The van der Waals surface area contributed by atoms with Crippen molar-refractivity contribution in [1.29, 1.82) is 0 Å². The summed E-state index contributed by atoms with van der Waals surface area (Å²) in [6, 6.07) is 0. The van der Waals surface area contributed by atoms with Crippen LogP contribution < -0.4 is 0 Å². The molecule has 0 saturated heterocycles. The molecule has 74 valence electrons. The van der Waals surface area contributed by atoms with Gasteiger partial charge in [0, 0.05) is 6.42 Å². The summed E-state index contributed by atoms with van der Waals surface area (Å²) in [5.74, 6) is -1.32. The van der Waals surface area contributed by atoms with E-state index < -0.39 is 11.8 Å². The molecule has 1 fully saturated rings. The van der Waals surface area contributed by atoms with Gasteiger partial charge in [-0.2, -0.15) is 0 Å². The average Bonchev–Trinajstić information content (AvgIpc) is 2.15. The summed E-state index contributed by atoms with van der Waals surface area (Å²) in [5.41, 5.74) is 0. The van der Waals surface area contributed by atoms with Crippen molar-refractivity contribution in [2.75, 3.05) is 0 Å². The molecule has 13 heavy (non-hydrogen) atoms. The van der Waals surface area contributed by atoms with Crippen LogP contribution in [0.4, 0.5) is 0 Å². The third-order valence-electron chi connectivity index (χ3n) is 2.74.